The number of carbonyl (C=O) groups is 3. The Labute approximate surface area is 394 Å². The van der Waals surface area contributed by atoms with Crippen molar-refractivity contribution in [2.75, 3.05) is 44.4 Å². The van der Waals surface area contributed by atoms with Gasteiger partial charge < -0.3 is 70.6 Å². The molecule has 2 saturated heterocycles. The van der Waals surface area contributed by atoms with Crippen LogP contribution in [0.5, 0.6) is 0 Å². The number of thioether (sulfide) groups is 1. The van der Waals surface area contributed by atoms with Gasteiger partial charge in [0.15, 0.2) is 24.0 Å². The topological polar surface area (TPSA) is 423 Å². The zero-order valence-electron chi connectivity index (χ0n) is 37.2. The van der Waals surface area contributed by atoms with E-state index in [4.69, 9.17) is 29.0 Å². The average Bonchev–Trinajstić information content (AvgIpc) is 3.81. The van der Waals surface area contributed by atoms with Crippen LogP contribution in [0.25, 0.3) is 11.2 Å². The summed E-state index contributed by atoms with van der Waals surface area (Å²) in [5.41, 5.74) is 4.23. The van der Waals surface area contributed by atoms with Crippen LogP contribution in [0, 0.1) is 5.41 Å². The van der Waals surface area contributed by atoms with Crippen molar-refractivity contribution in [3.63, 3.8) is 0 Å². The Kier molecular flexibility index (Phi) is 22.1. The first-order valence-electron chi connectivity index (χ1n) is 21.1. The Morgan fingerprint density at radius 2 is 1.69 bits per heavy atom. The molecule has 0 spiro atoms. The molecule has 0 aliphatic carbocycles. The number of nitrogen functional groups attached to an aromatic ring is 1. The SMILES string of the molecule is C[C@@H]1O[C@@H](OCCCCCC/C=C/C(=O)SCCNC(=O)CCNC(=O)[C@H](O)C(C)(C)COP(=O)(O)OP(=O)(O)OC[C@H]2O[C@@H](n3cnc4c(N)ncnc43)[C@H](O)[C@@H]2OP(=O)(O)O)[C@H](O)C[C@H]1O. The smallest absolute Gasteiger partial charge is 0.390 e. The summed E-state index contributed by atoms with van der Waals surface area (Å²) in [6.07, 6.45) is -2.18. The van der Waals surface area contributed by atoms with E-state index in [0.717, 1.165) is 54.7 Å². The number of hydrogen-bond donors (Lipinski definition) is 11. The molecule has 32 heteroatoms. The highest BCUT2D eigenvalue weighted by molar-refractivity contribution is 8.14. The molecule has 12 N–H and O–H groups in total. The van der Waals surface area contributed by atoms with Crippen molar-refractivity contribution in [1.29, 1.82) is 0 Å². The van der Waals surface area contributed by atoms with Gasteiger partial charge in [-0.25, -0.2) is 28.6 Å². The third kappa shape index (κ3) is 18.4. The Morgan fingerprint density at radius 1 is 0.985 bits per heavy atom. The van der Waals surface area contributed by atoms with Gasteiger partial charge in [-0.1, -0.05) is 44.5 Å². The molecule has 0 saturated carbocycles. The Hall–Kier alpha value is -2.86. The summed E-state index contributed by atoms with van der Waals surface area (Å²) in [5.74, 6) is -1.22. The highest BCUT2D eigenvalue weighted by atomic mass is 32.2. The number of carbonyl (C=O) groups excluding carboxylic acids is 3. The molecule has 4 rings (SSSR count). The lowest BCUT2D eigenvalue weighted by molar-refractivity contribution is -0.261. The third-order valence-corrected chi connectivity index (χ3v) is 14.2. The first kappa shape index (κ1) is 57.7. The summed E-state index contributed by atoms with van der Waals surface area (Å²) in [5, 5.41) is 46.0. The fourth-order valence-electron chi connectivity index (χ4n) is 6.52. The predicted octanol–water partition coefficient (Wildman–Crippen LogP) is 0.0447. The van der Waals surface area contributed by atoms with E-state index in [0.29, 0.717) is 13.0 Å². The number of aliphatic hydroxyl groups is 4. The number of nitrogens with zero attached hydrogens (tertiary/aromatic N) is 4. The van der Waals surface area contributed by atoms with E-state index in [2.05, 4.69) is 34.4 Å². The number of rotatable bonds is 28. The molecule has 386 valence electrons. The van der Waals surface area contributed by atoms with E-state index in [-0.39, 0.29) is 53.8 Å². The highest BCUT2D eigenvalue weighted by Crippen LogP contribution is 2.61. The number of fused-ring (bicyclic) bond motifs is 1. The summed E-state index contributed by atoms with van der Waals surface area (Å²) >= 11 is 1.01. The first-order valence-corrected chi connectivity index (χ1v) is 26.7. The summed E-state index contributed by atoms with van der Waals surface area (Å²) < 4.78 is 73.4. The van der Waals surface area contributed by atoms with Gasteiger partial charge in [-0.15, -0.1) is 0 Å². The Balaban J connectivity index is 1.09. The van der Waals surface area contributed by atoms with E-state index < -0.39 is 109 Å². The van der Waals surface area contributed by atoms with Crippen molar-refractivity contribution in [3.05, 3.63) is 24.8 Å². The summed E-state index contributed by atoms with van der Waals surface area (Å²) in [4.78, 5) is 88.2. The lowest BCUT2D eigenvalue weighted by Gasteiger charge is -2.35. The van der Waals surface area contributed by atoms with E-state index in [9.17, 15) is 68.1 Å². The van der Waals surface area contributed by atoms with E-state index in [1.807, 2.05) is 0 Å². The van der Waals surface area contributed by atoms with Crippen LogP contribution in [-0.4, -0.2) is 164 Å². The number of amides is 2. The molecular formula is C36H60N7O21P3S. The molecule has 28 nitrogen and oxygen atoms in total. The first-order chi connectivity index (χ1) is 31.8. The molecule has 0 bridgehead atoms. The largest absolute Gasteiger partial charge is 0.481 e. The van der Waals surface area contributed by atoms with Crippen LogP contribution in [0.2, 0.25) is 0 Å². The van der Waals surface area contributed by atoms with Gasteiger partial charge in [0.1, 0.15) is 42.4 Å². The molecule has 0 radical (unpaired) electrons. The van der Waals surface area contributed by atoms with Gasteiger partial charge in [0, 0.05) is 43.7 Å². The molecule has 2 amide bonds. The number of phosphoric acid groups is 3. The number of imidazole rings is 1. The van der Waals surface area contributed by atoms with Crippen LogP contribution in [0.3, 0.4) is 0 Å². The summed E-state index contributed by atoms with van der Waals surface area (Å²) in [7, 11) is -16.5. The van der Waals surface area contributed by atoms with Crippen molar-refractivity contribution in [2.24, 2.45) is 5.41 Å². The molecular weight excluding hydrogens is 991 g/mol. The second kappa shape index (κ2) is 26.0. The number of ether oxygens (including phenoxy) is 3. The number of allylic oxidation sites excluding steroid dienone is 1. The van der Waals surface area contributed by atoms with Crippen molar-refractivity contribution < 1.29 is 100 Å². The maximum atomic E-state index is 12.7. The predicted molar refractivity (Wildman–Crippen MR) is 236 cm³/mol. The molecule has 2 aliphatic rings. The number of nitrogens with two attached hydrogens (primary N) is 1. The molecule has 11 atom stereocenters. The van der Waals surface area contributed by atoms with Crippen LogP contribution in [0.4, 0.5) is 5.82 Å². The normalized spacial score (nSPS) is 25.8. The zero-order valence-corrected chi connectivity index (χ0v) is 40.7. The van der Waals surface area contributed by atoms with Crippen molar-refractivity contribution in [1.82, 2.24) is 30.2 Å². The number of aromatic nitrogens is 4. The lowest BCUT2D eigenvalue weighted by Crippen LogP contribution is -2.47. The lowest BCUT2D eigenvalue weighted by atomic mass is 9.87. The van der Waals surface area contributed by atoms with Gasteiger partial charge in [-0.05, 0) is 32.3 Å². The minimum atomic E-state index is -5.59. The number of hydrogen-bond acceptors (Lipinski definition) is 22. The van der Waals surface area contributed by atoms with E-state index >= 15 is 0 Å². The van der Waals surface area contributed by atoms with Gasteiger partial charge in [0.05, 0.1) is 31.7 Å². The molecule has 68 heavy (non-hydrogen) atoms. The van der Waals surface area contributed by atoms with Crippen molar-refractivity contribution in [2.45, 2.75) is 121 Å². The van der Waals surface area contributed by atoms with Crippen LogP contribution in [0.1, 0.15) is 71.9 Å². The fourth-order valence-corrected chi connectivity index (χ4v) is 9.95. The zero-order chi connectivity index (χ0) is 50.5. The molecule has 4 heterocycles. The summed E-state index contributed by atoms with van der Waals surface area (Å²) in [6.45, 7) is 2.51. The van der Waals surface area contributed by atoms with Gasteiger partial charge in [0.25, 0.3) is 0 Å². The second-order valence-electron chi connectivity index (χ2n) is 16.3. The van der Waals surface area contributed by atoms with E-state index in [1.165, 1.54) is 19.9 Å². The number of nitrogens with one attached hydrogen (secondary N) is 2. The van der Waals surface area contributed by atoms with Crippen LogP contribution >= 0.6 is 35.2 Å². The van der Waals surface area contributed by atoms with E-state index in [1.54, 1.807) is 13.0 Å². The highest BCUT2D eigenvalue weighted by Gasteiger charge is 2.50. The van der Waals surface area contributed by atoms with Crippen LogP contribution < -0.4 is 16.4 Å². The van der Waals surface area contributed by atoms with Gasteiger partial charge in [-0.3, -0.25) is 32.5 Å². The van der Waals surface area contributed by atoms with Crippen LogP contribution in [0.15, 0.2) is 24.8 Å². The number of anilines is 1. The average molecular weight is 1050 g/mol. The quantitative estimate of drug-likeness (QED) is 0.0304. The maximum absolute atomic E-state index is 12.7. The minimum absolute atomic E-state index is 0.0231. The number of unbranched alkanes of at least 4 members (excludes halogenated alkanes) is 4. The van der Waals surface area contributed by atoms with Crippen molar-refractivity contribution in [3.8, 4) is 0 Å². The maximum Gasteiger partial charge on any atom is 0.481 e. The van der Waals surface area contributed by atoms with Gasteiger partial charge in [-0.2, -0.15) is 4.31 Å². The fraction of sp³-hybridized carbons (Fsp3) is 0.722. The van der Waals surface area contributed by atoms with Crippen molar-refractivity contribution >= 4 is 69.1 Å². The number of aliphatic hydroxyl groups excluding tert-OH is 4. The minimum Gasteiger partial charge on any atom is -0.390 e. The molecule has 2 aliphatic heterocycles. The van der Waals surface area contributed by atoms with Crippen LogP contribution in [-0.2, 0) is 60.2 Å². The second-order valence-corrected chi connectivity index (χ2v) is 21.6. The van der Waals surface area contributed by atoms with Gasteiger partial charge >= 0.3 is 23.5 Å². The molecule has 2 aromatic heterocycles. The third-order valence-electron chi connectivity index (χ3n) is 10.2. The molecule has 2 unspecified atom stereocenters. The Bertz CT molecular complexity index is 2170. The standard InChI is InChI=1S/C36H60N7O21P3S/c1-21-22(44)16-23(45)35(61-21)58-14-9-7-5-4-6-8-10-26(47)68-15-13-38-25(46)11-12-39-33(50)30(49)36(2,3)18-60-67(56,57)64-66(54,55)59-17-24-29(63-65(51,52)53)28(48)34(62-24)43-20-42-27-31(37)40-19-41-32(27)43/h8,10,19-24,28-30,34-35,44-45,48-49H,4-7,9,11-18H2,1-3H3,(H,38,46)(H,39,50)(H,54,55)(H,56,57)(H2,37,40,41)(H2,51,52,53)/b10-8+/t21-,22+,23+,24+,28+,29+,30-,34+,35+/m0/s1. The Morgan fingerprint density at radius 3 is 2.41 bits per heavy atom. The monoisotopic (exact) mass is 1050 g/mol. The molecule has 2 aromatic rings. The molecule has 2 fully saturated rings. The summed E-state index contributed by atoms with van der Waals surface area (Å²) in [6, 6.07) is 0. The molecule has 0 aromatic carbocycles. The number of phosphoric ester groups is 3. The van der Waals surface area contributed by atoms with Gasteiger partial charge in [0.2, 0.25) is 16.9 Å².